The topological polar surface area (TPSA) is 82.4 Å². The van der Waals surface area contributed by atoms with Crippen LogP contribution in [0.5, 0.6) is 17.2 Å². The molecule has 8 nitrogen and oxygen atoms in total. The quantitative estimate of drug-likeness (QED) is 0.401. The molecule has 1 amide bonds. The average molecular weight is 558 g/mol. The van der Waals surface area contributed by atoms with Crippen molar-refractivity contribution in [2.45, 2.75) is 33.4 Å². The summed E-state index contributed by atoms with van der Waals surface area (Å²) < 4.78 is 43.4. The van der Waals surface area contributed by atoms with Gasteiger partial charge >= 0.3 is 6.61 Å². The summed E-state index contributed by atoms with van der Waals surface area (Å²) in [5.41, 5.74) is 1.24. The Morgan fingerprint density at radius 2 is 1.85 bits per heavy atom. The largest absolute Gasteiger partial charge is 0.497 e. The number of hydrogen-bond donors (Lipinski definition) is 0. The zero-order valence-corrected chi connectivity index (χ0v) is 23.1. The van der Waals surface area contributed by atoms with E-state index in [0.717, 1.165) is 11.3 Å². The van der Waals surface area contributed by atoms with Crippen LogP contribution >= 0.6 is 11.3 Å². The molecule has 39 heavy (non-hydrogen) atoms. The minimum absolute atomic E-state index is 0.0575. The van der Waals surface area contributed by atoms with Gasteiger partial charge in [-0.2, -0.15) is 8.78 Å². The number of thiazole rings is 1. The van der Waals surface area contributed by atoms with Crippen LogP contribution in [-0.2, 0) is 4.79 Å². The lowest BCUT2D eigenvalue weighted by atomic mass is 9.93. The van der Waals surface area contributed by atoms with Crippen LogP contribution in [0, 0.1) is 0 Å². The number of halogens is 2. The number of ether oxygens (including phenoxy) is 3. The molecule has 206 valence electrons. The molecule has 1 aromatic heterocycles. The van der Waals surface area contributed by atoms with Gasteiger partial charge in [0, 0.05) is 24.2 Å². The molecular weight excluding hydrogens is 528 g/mol. The van der Waals surface area contributed by atoms with Crippen molar-refractivity contribution < 1.29 is 27.8 Å². The molecule has 0 spiro atoms. The first-order valence-electron chi connectivity index (χ1n) is 12.3. The predicted molar refractivity (Wildman–Crippen MR) is 144 cm³/mol. The van der Waals surface area contributed by atoms with Crippen LogP contribution in [0.2, 0.25) is 0 Å². The summed E-state index contributed by atoms with van der Waals surface area (Å²) in [7, 11) is 3.04. The van der Waals surface area contributed by atoms with Gasteiger partial charge in [0.25, 0.3) is 11.5 Å². The Labute approximate surface area is 228 Å². The second kappa shape index (κ2) is 11.8. The monoisotopic (exact) mass is 557 g/mol. The van der Waals surface area contributed by atoms with Crippen molar-refractivity contribution in [2.24, 2.45) is 4.99 Å². The van der Waals surface area contributed by atoms with E-state index < -0.39 is 18.2 Å². The number of fused-ring (bicyclic) bond motifs is 1. The summed E-state index contributed by atoms with van der Waals surface area (Å²) in [6.07, 6.45) is 1.49. The van der Waals surface area contributed by atoms with E-state index in [-0.39, 0.29) is 16.2 Å². The zero-order chi connectivity index (χ0) is 28.3. The Balaban J connectivity index is 2.01. The highest BCUT2D eigenvalue weighted by Crippen LogP contribution is 2.38. The van der Waals surface area contributed by atoms with E-state index in [9.17, 15) is 18.4 Å². The van der Waals surface area contributed by atoms with Crippen LogP contribution < -0.4 is 29.1 Å². The molecular formula is C28H29F2N3O5S. The Kier molecular flexibility index (Phi) is 8.49. The minimum Gasteiger partial charge on any atom is -0.497 e. The number of benzene rings is 2. The van der Waals surface area contributed by atoms with Gasteiger partial charge in [-0.05, 0) is 51.1 Å². The third-order valence-corrected chi connectivity index (χ3v) is 7.44. The molecule has 1 aliphatic rings. The van der Waals surface area contributed by atoms with Gasteiger partial charge in [-0.15, -0.1) is 0 Å². The first-order chi connectivity index (χ1) is 18.7. The van der Waals surface area contributed by atoms with Crippen LogP contribution in [0.1, 0.15) is 37.9 Å². The first kappa shape index (κ1) is 28.0. The van der Waals surface area contributed by atoms with Crippen LogP contribution in [0.15, 0.2) is 63.5 Å². The van der Waals surface area contributed by atoms with Gasteiger partial charge in [0.2, 0.25) is 0 Å². The smallest absolute Gasteiger partial charge is 0.387 e. The summed E-state index contributed by atoms with van der Waals surface area (Å²) in [6, 6.07) is 10.5. The normalized spacial score (nSPS) is 15.2. The molecule has 0 fully saturated rings. The molecule has 11 heteroatoms. The maximum Gasteiger partial charge on any atom is 0.387 e. The highest BCUT2D eigenvalue weighted by atomic mass is 32.1. The minimum atomic E-state index is -3.02. The van der Waals surface area contributed by atoms with Gasteiger partial charge in [0.15, 0.2) is 4.80 Å². The first-order valence-corrected chi connectivity index (χ1v) is 13.1. The number of likely N-dealkylation sites (N-methyl/N-ethyl adjacent to an activating group) is 1. The summed E-state index contributed by atoms with van der Waals surface area (Å²) in [5.74, 6) is 0.680. The number of methoxy groups -OCH3 is 2. The predicted octanol–water partition coefficient (Wildman–Crippen LogP) is 3.72. The van der Waals surface area contributed by atoms with E-state index in [0.29, 0.717) is 51.8 Å². The molecule has 2 aromatic carbocycles. The van der Waals surface area contributed by atoms with Gasteiger partial charge in [-0.1, -0.05) is 29.5 Å². The highest BCUT2D eigenvalue weighted by Gasteiger charge is 2.36. The fraction of sp³-hybridized carbons (Fsp3) is 0.321. The molecule has 0 saturated carbocycles. The summed E-state index contributed by atoms with van der Waals surface area (Å²) >= 11 is 1.10. The number of hydrogen-bond acceptors (Lipinski definition) is 7. The van der Waals surface area contributed by atoms with Gasteiger partial charge in [0.1, 0.15) is 23.3 Å². The van der Waals surface area contributed by atoms with E-state index in [2.05, 4.69) is 9.73 Å². The van der Waals surface area contributed by atoms with Crippen molar-refractivity contribution in [3.63, 3.8) is 0 Å². The van der Waals surface area contributed by atoms with Crippen LogP contribution in [0.25, 0.3) is 6.08 Å². The molecule has 4 rings (SSSR count). The molecule has 0 aliphatic carbocycles. The van der Waals surface area contributed by atoms with Crippen LogP contribution in [0.4, 0.5) is 8.78 Å². The lowest BCUT2D eigenvalue weighted by molar-refractivity contribution is -0.127. The lowest BCUT2D eigenvalue weighted by Gasteiger charge is -2.30. The van der Waals surface area contributed by atoms with Crippen LogP contribution in [0.3, 0.4) is 0 Å². The molecule has 1 atom stereocenters. The third-order valence-electron chi connectivity index (χ3n) is 6.46. The Bertz CT molecular complexity index is 1590. The fourth-order valence-corrected chi connectivity index (χ4v) is 5.61. The molecule has 0 radical (unpaired) electrons. The second-order valence-corrected chi connectivity index (χ2v) is 9.59. The molecule has 2 heterocycles. The summed E-state index contributed by atoms with van der Waals surface area (Å²) in [4.78, 5) is 34.4. The number of amides is 1. The van der Waals surface area contributed by atoms with Crippen molar-refractivity contribution in [2.75, 3.05) is 27.3 Å². The van der Waals surface area contributed by atoms with Crippen LogP contribution in [-0.4, -0.2) is 49.3 Å². The maximum atomic E-state index is 13.9. The SMILES string of the molecule is CCN(CC)C(=O)C1=C(C)N=c2s/c(=C\c3ccccc3OC(F)F)c(=O)n2[C@H]1c1cc(OC)ccc1OC. The zero-order valence-electron chi connectivity index (χ0n) is 22.2. The van der Waals surface area contributed by atoms with Gasteiger partial charge in [-0.3, -0.25) is 14.2 Å². The molecule has 0 N–H and O–H groups in total. The molecule has 1 aliphatic heterocycles. The molecule has 0 saturated heterocycles. The number of carbonyl (C=O) groups excluding carboxylic acids is 1. The van der Waals surface area contributed by atoms with Crippen molar-refractivity contribution in [3.8, 4) is 17.2 Å². The fourth-order valence-electron chi connectivity index (χ4n) is 4.57. The molecule has 0 bridgehead atoms. The highest BCUT2D eigenvalue weighted by molar-refractivity contribution is 7.07. The van der Waals surface area contributed by atoms with Crippen molar-refractivity contribution in [1.82, 2.24) is 9.47 Å². The number of allylic oxidation sites excluding steroid dienone is 1. The van der Waals surface area contributed by atoms with E-state index in [1.165, 1.54) is 30.9 Å². The standard InChI is InChI=1S/C28H29F2N3O5S/c1-6-32(7-2)26(35)23-16(3)31-28-33(24(23)19-15-18(36-4)12-13-21(19)37-5)25(34)22(39-28)14-17-10-8-9-11-20(17)38-27(29)30/h8-15,24,27H,6-7H2,1-5H3/b22-14-/t24-/m0/s1. The van der Waals surface area contributed by atoms with Gasteiger partial charge < -0.3 is 19.1 Å². The lowest BCUT2D eigenvalue weighted by Crippen LogP contribution is -2.43. The van der Waals surface area contributed by atoms with Crippen molar-refractivity contribution in [3.05, 3.63) is 84.5 Å². The van der Waals surface area contributed by atoms with E-state index in [1.54, 1.807) is 48.2 Å². The molecule has 3 aromatic rings. The average Bonchev–Trinajstić information content (AvgIpc) is 3.22. The van der Waals surface area contributed by atoms with E-state index in [1.807, 2.05) is 13.8 Å². The number of rotatable bonds is 9. The number of para-hydroxylation sites is 1. The Morgan fingerprint density at radius 3 is 2.49 bits per heavy atom. The Morgan fingerprint density at radius 1 is 1.13 bits per heavy atom. The third kappa shape index (κ3) is 5.44. The van der Waals surface area contributed by atoms with Gasteiger partial charge in [0.05, 0.1) is 30.0 Å². The number of carbonyl (C=O) groups is 1. The maximum absolute atomic E-state index is 13.9. The molecule has 0 unspecified atom stereocenters. The Hall–Kier alpha value is -3.99. The number of nitrogens with zero attached hydrogens (tertiary/aromatic N) is 3. The van der Waals surface area contributed by atoms with Crippen molar-refractivity contribution in [1.29, 1.82) is 0 Å². The van der Waals surface area contributed by atoms with E-state index in [4.69, 9.17) is 9.47 Å². The summed E-state index contributed by atoms with van der Waals surface area (Å²) in [5, 5.41) is 0. The van der Waals surface area contributed by atoms with E-state index >= 15 is 0 Å². The van der Waals surface area contributed by atoms with Gasteiger partial charge in [-0.25, -0.2) is 4.99 Å². The number of aromatic nitrogens is 1. The number of alkyl halides is 2. The van der Waals surface area contributed by atoms with Crippen molar-refractivity contribution >= 4 is 23.3 Å². The summed E-state index contributed by atoms with van der Waals surface area (Å²) in [6.45, 7) is 3.43. The second-order valence-electron chi connectivity index (χ2n) is 8.58.